The van der Waals surface area contributed by atoms with E-state index in [-0.39, 0.29) is 23.9 Å². The first-order chi connectivity index (χ1) is 14.6. The topological polar surface area (TPSA) is 52.7 Å². The fourth-order valence-corrected chi connectivity index (χ4v) is 6.32. The first kappa shape index (κ1) is 19.5. The Bertz CT molecular complexity index is 1080. The summed E-state index contributed by atoms with van der Waals surface area (Å²) in [5.41, 5.74) is 2.80. The number of benzene rings is 1. The van der Waals surface area contributed by atoms with E-state index in [0.717, 1.165) is 18.7 Å². The molecule has 2 aromatic heterocycles. The molecule has 0 radical (unpaired) electrons. The van der Waals surface area contributed by atoms with E-state index in [2.05, 4.69) is 39.2 Å². The Morgan fingerprint density at radius 2 is 2.00 bits per heavy atom. The summed E-state index contributed by atoms with van der Waals surface area (Å²) in [5, 5.41) is 7.19. The highest BCUT2D eigenvalue weighted by atomic mass is 32.1. The quantitative estimate of drug-likeness (QED) is 0.655. The van der Waals surface area contributed by atoms with Gasteiger partial charge in [-0.05, 0) is 53.9 Å². The molecule has 1 aromatic carbocycles. The molecule has 30 heavy (non-hydrogen) atoms. The normalized spacial score (nSPS) is 21.5. The predicted molar refractivity (Wildman–Crippen MR) is 122 cm³/mol. The third-order valence-corrected chi connectivity index (χ3v) is 7.77. The molecule has 0 spiro atoms. The average Bonchev–Trinajstić information content (AvgIpc) is 3.38. The van der Waals surface area contributed by atoms with Crippen molar-refractivity contribution in [2.75, 3.05) is 23.3 Å². The number of hydrogen-bond acceptors (Lipinski definition) is 5. The Kier molecular flexibility index (Phi) is 5.18. The largest absolute Gasteiger partial charge is 0.324 e. The van der Waals surface area contributed by atoms with Crippen LogP contribution in [0.1, 0.15) is 34.7 Å². The van der Waals surface area contributed by atoms with Gasteiger partial charge in [-0.3, -0.25) is 14.5 Å². The molecule has 5 rings (SSSR count). The van der Waals surface area contributed by atoms with E-state index in [1.54, 1.807) is 22.7 Å². The highest BCUT2D eigenvalue weighted by Crippen LogP contribution is 2.40. The Hall–Kier alpha value is -2.48. The van der Waals surface area contributed by atoms with Crippen LogP contribution in [0.2, 0.25) is 0 Å². The summed E-state index contributed by atoms with van der Waals surface area (Å²) in [5.74, 6) is -0.0192. The summed E-state index contributed by atoms with van der Waals surface area (Å²) >= 11 is 3.55. The van der Waals surface area contributed by atoms with Gasteiger partial charge >= 0.3 is 0 Å². The molecule has 3 aromatic rings. The Balaban J connectivity index is 1.47. The van der Waals surface area contributed by atoms with E-state index >= 15 is 0 Å². The lowest BCUT2D eigenvalue weighted by atomic mass is 9.98. The molecule has 7 heteroatoms. The smallest absolute Gasteiger partial charge is 0.241 e. The monoisotopic (exact) mass is 437 g/mol. The van der Waals surface area contributed by atoms with E-state index in [1.807, 2.05) is 36.1 Å². The van der Waals surface area contributed by atoms with Gasteiger partial charge in [-0.15, -0.1) is 22.7 Å². The minimum absolute atomic E-state index is 0.0340. The van der Waals surface area contributed by atoms with Crippen molar-refractivity contribution >= 4 is 45.9 Å². The van der Waals surface area contributed by atoms with Gasteiger partial charge in [0, 0.05) is 28.8 Å². The van der Waals surface area contributed by atoms with Gasteiger partial charge in [0.15, 0.2) is 0 Å². The fourth-order valence-electron chi connectivity index (χ4n) is 4.54. The van der Waals surface area contributed by atoms with E-state index in [0.29, 0.717) is 18.7 Å². The van der Waals surface area contributed by atoms with Crippen molar-refractivity contribution < 1.29 is 9.59 Å². The van der Waals surface area contributed by atoms with Gasteiger partial charge in [-0.25, -0.2) is 0 Å². The molecule has 0 saturated carbocycles. The zero-order chi connectivity index (χ0) is 20.7. The number of carbonyl (C=O) groups is 2. The minimum atomic E-state index is -0.192. The lowest BCUT2D eigenvalue weighted by Gasteiger charge is -2.37. The second kappa shape index (κ2) is 7.98. The molecule has 2 atom stereocenters. The van der Waals surface area contributed by atoms with E-state index in [4.69, 9.17) is 0 Å². The second-order valence-corrected chi connectivity index (χ2v) is 9.80. The number of fused-ring (bicyclic) bond motifs is 2. The number of anilines is 2. The number of para-hydroxylation sites is 2. The van der Waals surface area contributed by atoms with Crippen molar-refractivity contribution in [2.45, 2.75) is 31.8 Å². The van der Waals surface area contributed by atoms with Crippen LogP contribution in [-0.2, 0) is 16.0 Å². The number of nitrogens with zero attached hydrogens (tertiary/aromatic N) is 2. The number of thiophene rings is 2. The molecule has 0 bridgehead atoms. The van der Waals surface area contributed by atoms with E-state index in [9.17, 15) is 9.59 Å². The Morgan fingerprint density at radius 1 is 1.13 bits per heavy atom. The van der Waals surface area contributed by atoms with Crippen molar-refractivity contribution in [3.05, 3.63) is 68.5 Å². The van der Waals surface area contributed by atoms with Crippen LogP contribution in [0.15, 0.2) is 53.2 Å². The van der Waals surface area contributed by atoms with Crippen LogP contribution in [0.25, 0.3) is 0 Å². The molecule has 1 N–H and O–H groups in total. The number of hydrogen-bond donors (Lipinski definition) is 1. The second-order valence-electron chi connectivity index (χ2n) is 7.82. The van der Waals surface area contributed by atoms with Crippen LogP contribution in [0, 0.1) is 0 Å². The molecule has 0 saturated heterocycles. The lowest BCUT2D eigenvalue weighted by molar-refractivity contribution is -0.120. The average molecular weight is 438 g/mol. The molecule has 0 aliphatic carbocycles. The van der Waals surface area contributed by atoms with Crippen LogP contribution in [0.3, 0.4) is 0 Å². The van der Waals surface area contributed by atoms with Gasteiger partial charge in [-0.2, -0.15) is 0 Å². The maximum Gasteiger partial charge on any atom is 0.241 e. The third-order valence-electron chi connectivity index (χ3n) is 5.84. The molecule has 4 heterocycles. The molecule has 0 fully saturated rings. The lowest BCUT2D eigenvalue weighted by Crippen LogP contribution is -2.47. The maximum atomic E-state index is 13.6. The summed E-state index contributed by atoms with van der Waals surface area (Å²) in [6.45, 7) is 3.12. The Morgan fingerprint density at radius 3 is 2.83 bits per heavy atom. The predicted octanol–water partition coefficient (Wildman–Crippen LogP) is 4.52. The SMILES string of the molecule is C[C@@H]1CC(=O)Nc2ccccc2N1C(=O)CN1CCc2sccc2[C@@H]1c1cccs1. The molecule has 0 unspecified atom stereocenters. The summed E-state index contributed by atoms with van der Waals surface area (Å²) < 4.78 is 0. The van der Waals surface area contributed by atoms with E-state index in [1.165, 1.54) is 15.3 Å². The van der Waals surface area contributed by atoms with Crippen molar-refractivity contribution in [1.82, 2.24) is 4.90 Å². The summed E-state index contributed by atoms with van der Waals surface area (Å²) in [6.07, 6.45) is 1.26. The van der Waals surface area contributed by atoms with Gasteiger partial charge in [0.1, 0.15) is 0 Å². The fraction of sp³-hybridized carbons (Fsp3) is 0.304. The minimum Gasteiger partial charge on any atom is -0.324 e. The van der Waals surface area contributed by atoms with Gasteiger partial charge in [-0.1, -0.05) is 18.2 Å². The number of rotatable bonds is 3. The van der Waals surface area contributed by atoms with Crippen molar-refractivity contribution in [3.8, 4) is 0 Å². The van der Waals surface area contributed by atoms with E-state index < -0.39 is 0 Å². The summed E-state index contributed by atoms with van der Waals surface area (Å²) in [4.78, 5) is 32.7. The zero-order valence-corrected chi connectivity index (χ0v) is 18.3. The van der Waals surface area contributed by atoms with Crippen LogP contribution >= 0.6 is 22.7 Å². The van der Waals surface area contributed by atoms with Crippen molar-refractivity contribution in [1.29, 1.82) is 0 Å². The number of amides is 2. The Labute approximate surface area is 183 Å². The summed E-state index contributed by atoms with van der Waals surface area (Å²) in [6, 6.07) is 13.9. The molecular weight excluding hydrogens is 414 g/mol. The van der Waals surface area contributed by atoms with Crippen LogP contribution in [0.4, 0.5) is 11.4 Å². The first-order valence-electron chi connectivity index (χ1n) is 10.2. The zero-order valence-electron chi connectivity index (χ0n) is 16.7. The van der Waals surface area contributed by atoms with Gasteiger partial charge < -0.3 is 10.2 Å². The molecular formula is C23H23N3O2S2. The molecule has 154 valence electrons. The van der Waals surface area contributed by atoms with Crippen LogP contribution < -0.4 is 10.2 Å². The maximum absolute atomic E-state index is 13.6. The standard InChI is InChI=1S/C23H23N3O2S2/c1-15-13-21(27)24-17-5-2-3-6-18(17)26(15)22(28)14-25-10-8-19-16(9-12-30-19)23(25)20-7-4-11-29-20/h2-7,9,11-12,15,23H,8,10,13-14H2,1H3,(H,24,27)/t15-,23-/m1/s1. The first-order valence-corrected chi connectivity index (χ1v) is 11.9. The molecule has 2 aliphatic rings. The molecule has 5 nitrogen and oxygen atoms in total. The van der Waals surface area contributed by atoms with Crippen molar-refractivity contribution in [3.63, 3.8) is 0 Å². The van der Waals surface area contributed by atoms with Gasteiger partial charge in [0.05, 0.1) is 24.0 Å². The third kappa shape index (κ3) is 3.47. The van der Waals surface area contributed by atoms with Gasteiger partial charge in [0.2, 0.25) is 11.8 Å². The van der Waals surface area contributed by atoms with Crippen LogP contribution in [0.5, 0.6) is 0 Å². The summed E-state index contributed by atoms with van der Waals surface area (Å²) in [7, 11) is 0. The van der Waals surface area contributed by atoms with Crippen LogP contribution in [-0.4, -0.2) is 35.8 Å². The highest BCUT2D eigenvalue weighted by Gasteiger charge is 2.35. The molecule has 2 amide bonds. The number of carbonyl (C=O) groups excluding carboxylic acids is 2. The highest BCUT2D eigenvalue weighted by molar-refractivity contribution is 7.10. The number of nitrogens with one attached hydrogen (secondary N) is 1. The van der Waals surface area contributed by atoms with Crippen molar-refractivity contribution in [2.24, 2.45) is 0 Å². The molecule has 2 aliphatic heterocycles. The van der Waals surface area contributed by atoms with Gasteiger partial charge in [0.25, 0.3) is 0 Å².